The molecule has 0 aliphatic heterocycles. The SMILES string of the molecule is C[CH]C(C)NC(C)=O. The third kappa shape index (κ3) is 3.65. The molecule has 2 heteroatoms. The standard InChI is InChI=1S/C6H12NO/c1-4-5(2)7-6(3)8/h4-5H,1-3H3,(H,7,8). The minimum Gasteiger partial charge on any atom is -0.354 e. The maximum absolute atomic E-state index is 10.3. The number of carbonyl (C=O) groups is 1. The number of amides is 1. The third-order valence-electron chi connectivity index (χ3n) is 0.931. The van der Waals surface area contributed by atoms with Crippen LogP contribution in [0.15, 0.2) is 0 Å². The monoisotopic (exact) mass is 114 g/mol. The molecule has 0 saturated carbocycles. The fraction of sp³-hybridized carbons (Fsp3) is 0.667. The molecule has 1 radical (unpaired) electrons. The zero-order valence-electron chi connectivity index (χ0n) is 5.56. The smallest absolute Gasteiger partial charge is 0.217 e. The molecule has 0 saturated heterocycles. The second-order valence-electron chi connectivity index (χ2n) is 1.82. The van der Waals surface area contributed by atoms with Crippen LogP contribution in [0, 0.1) is 6.42 Å². The predicted octanol–water partition coefficient (Wildman–Crippen LogP) is 0.735. The molecule has 1 N–H and O–H groups in total. The van der Waals surface area contributed by atoms with Crippen LogP contribution in [0.3, 0.4) is 0 Å². The second-order valence-corrected chi connectivity index (χ2v) is 1.82. The topological polar surface area (TPSA) is 29.1 Å². The molecule has 0 spiro atoms. The molecule has 0 aliphatic rings. The molecule has 0 rings (SSSR count). The van der Waals surface area contributed by atoms with E-state index in [0.29, 0.717) is 0 Å². The Bertz CT molecular complexity index is 80.6. The summed E-state index contributed by atoms with van der Waals surface area (Å²) in [5, 5.41) is 2.70. The van der Waals surface area contributed by atoms with Crippen molar-refractivity contribution in [3.63, 3.8) is 0 Å². The fourth-order valence-electron chi connectivity index (χ4n) is 0.404. The average Bonchev–Trinajstić information content (AvgIpc) is 1.65. The lowest BCUT2D eigenvalue weighted by molar-refractivity contribution is -0.119. The molecule has 1 unspecified atom stereocenters. The van der Waals surface area contributed by atoms with Crippen molar-refractivity contribution in [1.82, 2.24) is 5.32 Å². The maximum Gasteiger partial charge on any atom is 0.217 e. The normalized spacial score (nSPS) is 12.9. The summed E-state index contributed by atoms with van der Waals surface area (Å²) in [7, 11) is 0. The van der Waals surface area contributed by atoms with Gasteiger partial charge in [0.1, 0.15) is 0 Å². The molecular formula is C6H12NO. The second kappa shape index (κ2) is 3.47. The van der Waals surface area contributed by atoms with Gasteiger partial charge in [0.15, 0.2) is 0 Å². The van der Waals surface area contributed by atoms with Crippen molar-refractivity contribution in [1.29, 1.82) is 0 Å². The highest BCUT2D eigenvalue weighted by Crippen LogP contribution is 1.83. The average molecular weight is 114 g/mol. The Morgan fingerprint density at radius 3 is 2.38 bits per heavy atom. The van der Waals surface area contributed by atoms with Gasteiger partial charge in [0.25, 0.3) is 0 Å². The van der Waals surface area contributed by atoms with Crippen LogP contribution < -0.4 is 5.32 Å². The van der Waals surface area contributed by atoms with Gasteiger partial charge >= 0.3 is 0 Å². The van der Waals surface area contributed by atoms with Crippen LogP contribution in [-0.2, 0) is 4.79 Å². The summed E-state index contributed by atoms with van der Waals surface area (Å²) in [5.41, 5.74) is 0. The molecule has 1 amide bonds. The molecule has 0 aromatic heterocycles. The van der Waals surface area contributed by atoms with Gasteiger partial charge in [-0.2, -0.15) is 0 Å². The Hall–Kier alpha value is -0.530. The third-order valence-corrected chi connectivity index (χ3v) is 0.931. The summed E-state index contributed by atoms with van der Waals surface area (Å²) in [6.07, 6.45) is 1.93. The zero-order chi connectivity index (χ0) is 6.57. The van der Waals surface area contributed by atoms with E-state index in [4.69, 9.17) is 0 Å². The first-order chi connectivity index (χ1) is 3.66. The molecule has 8 heavy (non-hydrogen) atoms. The molecular weight excluding hydrogens is 102 g/mol. The molecule has 0 aromatic rings. The first kappa shape index (κ1) is 7.47. The maximum atomic E-state index is 10.3. The van der Waals surface area contributed by atoms with E-state index >= 15 is 0 Å². The van der Waals surface area contributed by atoms with Crippen LogP contribution in [-0.4, -0.2) is 11.9 Å². The predicted molar refractivity (Wildman–Crippen MR) is 33.3 cm³/mol. The summed E-state index contributed by atoms with van der Waals surface area (Å²) in [6, 6.07) is 0.201. The van der Waals surface area contributed by atoms with Crippen LogP contribution in [0.5, 0.6) is 0 Å². The Morgan fingerprint density at radius 1 is 1.75 bits per heavy atom. The van der Waals surface area contributed by atoms with Crippen molar-refractivity contribution in [2.45, 2.75) is 26.8 Å². The molecule has 0 heterocycles. The van der Waals surface area contributed by atoms with Crippen LogP contribution >= 0.6 is 0 Å². The summed E-state index contributed by atoms with van der Waals surface area (Å²) in [4.78, 5) is 10.3. The minimum atomic E-state index is 0.0237. The Labute approximate surface area is 50.3 Å². The molecule has 0 aliphatic carbocycles. The summed E-state index contributed by atoms with van der Waals surface area (Å²) < 4.78 is 0. The lowest BCUT2D eigenvalue weighted by Gasteiger charge is -2.06. The first-order valence-corrected chi connectivity index (χ1v) is 2.73. The molecule has 2 nitrogen and oxygen atoms in total. The highest BCUT2D eigenvalue weighted by molar-refractivity contribution is 5.73. The van der Waals surface area contributed by atoms with E-state index in [1.807, 2.05) is 20.3 Å². The molecule has 0 aromatic carbocycles. The molecule has 0 bridgehead atoms. The van der Waals surface area contributed by atoms with E-state index in [-0.39, 0.29) is 11.9 Å². The molecule has 47 valence electrons. The van der Waals surface area contributed by atoms with E-state index in [9.17, 15) is 4.79 Å². The summed E-state index contributed by atoms with van der Waals surface area (Å²) in [5.74, 6) is 0.0237. The van der Waals surface area contributed by atoms with Crippen molar-refractivity contribution >= 4 is 5.91 Å². The van der Waals surface area contributed by atoms with Gasteiger partial charge in [-0.25, -0.2) is 0 Å². The number of hydrogen-bond acceptors (Lipinski definition) is 1. The van der Waals surface area contributed by atoms with E-state index in [1.165, 1.54) is 6.92 Å². The van der Waals surface area contributed by atoms with Crippen molar-refractivity contribution in [2.75, 3.05) is 0 Å². The number of rotatable bonds is 2. The van der Waals surface area contributed by atoms with Crippen LogP contribution in [0.2, 0.25) is 0 Å². The van der Waals surface area contributed by atoms with Crippen molar-refractivity contribution in [3.8, 4) is 0 Å². The number of hydrogen-bond donors (Lipinski definition) is 1. The minimum absolute atomic E-state index is 0.0237. The highest BCUT2D eigenvalue weighted by Gasteiger charge is 1.96. The Balaban J connectivity index is 3.24. The van der Waals surface area contributed by atoms with Gasteiger partial charge in [-0.3, -0.25) is 4.79 Å². The summed E-state index contributed by atoms with van der Waals surface area (Å²) >= 11 is 0. The van der Waals surface area contributed by atoms with Gasteiger partial charge in [-0.1, -0.05) is 6.92 Å². The molecule has 0 fully saturated rings. The quantitative estimate of drug-likeness (QED) is 0.563. The fourth-order valence-corrected chi connectivity index (χ4v) is 0.404. The first-order valence-electron chi connectivity index (χ1n) is 2.73. The van der Waals surface area contributed by atoms with E-state index in [0.717, 1.165) is 0 Å². The van der Waals surface area contributed by atoms with Gasteiger partial charge in [0.2, 0.25) is 5.91 Å². The van der Waals surface area contributed by atoms with Crippen molar-refractivity contribution in [3.05, 3.63) is 6.42 Å². The van der Waals surface area contributed by atoms with Gasteiger partial charge < -0.3 is 5.32 Å². The number of nitrogens with one attached hydrogen (secondary N) is 1. The van der Waals surface area contributed by atoms with Crippen LogP contribution in [0.1, 0.15) is 20.8 Å². The van der Waals surface area contributed by atoms with Gasteiger partial charge in [-0.15, -0.1) is 0 Å². The zero-order valence-corrected chi connectivity index (χ0v) is 5.56. The van der Waals surface area contributed by atoms with Crippen molar-refractivity contribution in [2.24, 2.45) is 0 Å². The Kier molecular flexibility index (Phi) is 3.24. The van der Waals surface area contributed by atoms with Gasteiger partial charge in [0, 0.05) is 13.0 Å². The van der Waals surface area contributed by atoms with Crippen LogP contribution in [0.25, 0.3) is 0 Å². The van der Waals surface area contributed by atoms with Gasteiger partial charge in [0.05, 0.1) is 0 Å². The molecule has 1 atom stereocenters. The van der Waals surface area contributed by atoms with E-state index in [2.05, 4.69) is 5.32 Å². The van der Waals surface area contributed by atoms with Crippen LogP contribution in [0.4, 0.5) is 0 Å². The van der Waals surface area contributed by atoms with E-state index < -0.39 is 0 Å². The lowest BCUT2D eigenvalue weighted by Crippen LogP contribution is -2.29. The summed E-state index contributed by atoms with van der Waals surface area (Å²) in [6.45, 7) is 5.36. The highest BCUT2D eigenvalue weighted by atomic mass is 16.1. The largest absolute Gasteiger partial charge is 0.354 e. The number of carbonyl (C=O) groups excluding carboxylic acids is 1. The van der Waals surface area contributed by atoms with Gasteiger partial charge in [-0.05, 0) is 13.3 Å². The lowest BCUT2D eigenvalue weighted by atomic mass is 10.3. The van der Waals surface area contributed by atoms with E-state index in [1.54, 1.807) is 0 Å². The Morgan fingerprint density at radius 2 is 2.25 bits per heavy atom. The van der Waals surface area contributed by atoms with Crippen molar-refractivity contribution < 1.29 is 4.79 Å².